The SMILES string of the molecule is CCCCCC(C)NC(=NC)NCc1ccc(S(=O)(=O)N2CCCC2)cc1.I. The van der Waals surface area contributed by atoms with Crippen molar-refractivity contribution in [2.75, 3.05) is 20.1 Å². The molecule has 160 valence electrons. The van der Waals surface area contributed by atoms with Crippen LogP contribution in [0.1, 0.15) is 57.9 Å². The van der Waals surface area contributed by atoms with Gasteiger partial charge >= 0.3 is 0 Å². The first-order chi connectivity index (χ1) is 13.0. The second-order valence-corrected chi connectivity index (χ2v) is 9.16. The highest BCUT2D eigenvalue weighted by atomic mass is 127. The number of unbranched alkanes of at least 4 members (excludes halogenated alkanes) is 2. The highest BCUT2D eigenvalue weighted by Crippen LogP contribution is 2.21. The molecule has 28 heavy (non-hydrogen) atoms. The number of rotatable bonds is 9. The maximum Gasteiger partial charge on any atom is 0.243 e. The Hall–Kier alpha value is -0.870. The van der Waals surface area contributed by atoms with E-state index in [0.29, 0.717) is 30.6 Å². The van der Waals surface area contributed by atoms with Crippen LogP contribution in [0.3, 0.4) is 0 Å². The lowest BCUT2D eigenvalue weighted by atomic mass is 10.1. The number of guanidine groups is 1. The predicted octanol–water partition coefficient (Wildman–Crippen LogP) is 3.72. The molecular formula is C20H35IN4O2S. The fourth-order valence-corrected chi connectivity index (χ4v) is 4.76. The molecule has 1 aromatic carbocycles. The number of sulfonamides is 1. The van der Waals surface area contributed by atoms with E-state index in [-0.39, 0.29) is 24.0 Å². The van der Waals surface area contributed by atoms with Crippen molar-refractivity contribution in [2.45, 2.75) is 69.9 Å². The molecule has 1 saturated heterocycles. The van der Waals surface area contributed by atoms with Gasteiger partial charge in [0.15, 0.2) is 5.96 Å². The first-order valence-electron chi connectivity index (χ1n) is 10.0. The Balaban J connectivity index is 0.00000392. The van der Waals surface area contributed by atoms with Crippen molar-refractivity contribution in [1.82, 2.24) is 14.9 Å². The number of halogens is 1. The Morgan fingerprint density at radius 1 is 1.18 bits per heavy atom. The molecule has 0 spiro atoms. The van der Waals surface area contributed by atoms with Gasteiger partial charge in [-0.2, -0.15) is 4.31 Å². The molecule has 1 atom stereocenters. The summed E-state index contributed by atoms with van der Waals surface area (Å²) >= 11 is 0. The molecule has 1 heterocycles. The van der Waals surface area contributed by atoms with Crippen molar-refractivity contribution in [3.63, 3.8) is 0 Å². The molecule has 0 saturated carbocycles. The number of hydrogen-bond acceptors (Lipinski definition) is 3. The summed E-state index contributed by atoms with van der Waals surface area (Å²) in [7, 11) is -1.58. The average Bonchev–Trinajstić information content (AvgIpc) is 3.21. The number of aliphatic imine (C=N–C) groups is 1. The van der Waals surface area contributed by atoms with E-state index in [4.69, 9.17) is 0 Å². The molecular weight excluding hydrogens is 487 g/mol. The molecule has 1 unspecified atom stereocenters. The number of nitrogens with one attached hydrogen (secondary N) is 2. The summed E-state index contributed by atoms with van der Waals surface area (Å²) in [6.07, 6.45) is 6.72. The molecule has 1 aliphatic rings. The van der Waals surface area contributed by atoms with E-state index in [2.05, 4.69) is 29.5 Å². The Morgan fingerprint density at radius 2 is 1.82 bits per heavy atom. The van der Waals surface area contributed by atoms with Gasteiger partial charge in [-0.05, 0) is 43.9 Å². The number of hydrogen-bond donors (Lipinski definition) is 2. The van der Waals surface area contributed by atoms with Crippen LogP contribution in [-0.2, 0) is 16.6 Å². The van der Waals surface area contributed by atoms with Gasteiger partial charge in [-0.1, -0.05) is 38.3 Å². The van der Waals surface area contributed by atoms with Gasteiger partial charge in [0.25, 0.3) is 0 Å². The topological polar surface area (TPSA) is 73.8 Å². The number of benzene rings is 1. The largest absolute Gasteiger partial charge is 0.354 e. The molecule has 1 aromatic rings. The third-order valence-electron chi connectivity index (χ3n) is 4.93. The van der Waals surface area contributed by atoms with Gasteiger partial charge in [0.1, 0.15) is 0 Å². The molecule has 6 nitrogen and oxygen atoms in total. The fraction of sp³-hybridized carbons (Fsp3) is 0.650. The Kier molecular flexibility index (Phi) is 11.4. The number of nitrogens with zero attached hydrogens (tertiary/aromatic N) is 2. The zero-order valence-electron chi connectivity index (χ0n) is 17.3. The van der Waals surface area contributed by atoms with Gasteiger partial charge in [0, 0.05) is 32.7 Å². The highest BCUT2D eigenvalue weighted by Gasteiger charge is 2.26. The van der Waals surface area contributed by atoms with Crippen LogP contribution >= 0.6 is 24.0 Å². The Morgan fingerprint density at radius 3 is 2.39 bits per heavy atom. The highest BCUT2D eigenvalue weighted by molar-refractivity contribution is 14.0. The summed E-state index contributed by atoms with van der Waals surface area (Å²) in [5.74, 6) is 0.771. The maximum atomic E-state index is 12.6. The molecule has 0 aliphatic carbocycles. The van der Waals surface area contributed by atoms with Gasteiger partial charge in [0.2, 0.25) is 10.0 Å². The van der Waals surface area contributed by atoms with Crippen LogP contribution in [0.4, 0.5) is 0 Å². The van der Waals surface area contributed by atoms with Crippen molar-refractivity contribution in [3.8, 4) is 0 Å². The van der Waals surface area contributed by atoms with Gasteiger partial charge in [-0.3, -0.25) is 4.99 Å². The second-order valence-electron chi connectivity index (χ2n) is 7.22. The van der Waals surface area contributed by atoms with Crippen molar-refractivity contribution in [3.05, 3.63) is 29.8 Å². The quantitative estimate of drug-likeness (QED) is 0.225. The third-order valence-corrected chi connectivity index (χ3v) is 6.85. The van der Waals surface area contributed by atoms with E-state index in [9.17, 15) is 8.42 Å². The van der Waals surface area contributed by atoms with Crippen LogP contribution < -0.4 is 10.6 Å². The molecule has 0 aromatic heterocycles. The summed E-state index contributed by atoms with van der Waals surface area (Å²) in [6.45, 7) is 6.24. The lowest BCUT2D eigenvalue weighted by molar-refractivity contribution is 0.477. The molecule has 0 bridgehead atoms. The molecule has 2 N–H and O–H groups in total. The van der Waals surface area contributed by atoms with Crippen molar-refractivity contribution in [2.24, 2.45) is 4.99 Å². The van der Waals surface area contributed by atoms with E-state index >= 15 is 0 Å². The summed E-state index contributed by atoms with van der Waals surface area (Å²) in [6, 6.07) is 7.51. The summed E-state index contributed by atoms with van der Waals surface area (Å²) in [4.78, 5) is 4.65. The van der Waals surface area contributed by atoms with E-state index in [1.54, 1.807) is 23.5 Å². The van der Waals surface area contributed by atoms with Crippen LogP contribution in [0, 0.1) is 0 Å². The first kappa shape index (κ1) is 25.2. The van der Waals surface area contributed by atoms with E-state index in [1.807, 2.05) is 12.1 Å². The Bertz CT molecular complexity index is 701. The molecule has 2 rings (SSSR count). The van der Waals surface area contributed by atoms with E-state index < -0.39 is 10.0 Å². The first-order valence-corrected chi connectivity index (χ1v) is 11.5. The van der Waals surface area contributed by atoms with Gasteiger partial charge < -0.3 is 10.6 Å². The zero-order chi connectivity index (χ0) is 19.7. The van der Waals surface area contributed by atoms with Crippen LogP contribution in [0.15, 0.2) is 34.2 Å². The van der Waals surface area contributed by atoms with Crippen molar-refractivity contribution in [1.29, 1.82) is 0 Å². The minimum atomic E-state index is -3.34. The fourth-order valence-electron chi connectivity index (χ4n) is 3.24. The van der Waals surface area contributed by atoms with Crippen LogP contribution in [0.5, 0.6) is 0 Å². The van der Waals surface area contributed by atoms with Crippen LogP contribution in [-0.4, -0.2) is 44.9 Å². The summed E-state index contributed by atoms with van der Waals surface area (Å²) in [5, 5.41) is 6.70. The molecule has 0 amide bonds. The monoisotopic (exact) mass is 522 g/mol. The van der Waals surface area contributed by atoms with Gasteiger partial charge in [-0.25, -0.2) is 8.42 Å². The molecule has 1 aliphatic heterocycles. The van der Waals surface area contributed by atoms with Gasteiger partial charge in [-0.15, -0.1) is 24.0 Å². The summed E-state index contributed by atoms with van der Waals surface area (Å²) < 4.78 is 26.7. The maximum absolute atomic E-state index is 12.6. The molecule has 8 heteroatoms. The smallest absolute Gasteiger partial charge is 0.243 e. The van der Waals surface area contributed by atoms with Crippen LogP contribution in [0.2, 0.25) is 0 Å². The minimum Gasteiger partial charge on any atom is -0.354 e. The van der Waals surface area contributed by atoms with Gasteiger partial charge in [0.05, 0.1) is 4.90 Å². The Labute approximate surface area is 187 Å². The second kappa shape index (κ2) is 12.6. The normalized spacial score (nSPS) is 16.5. The lowest BCUT2D eigenvalue weighted by Gasteiger charge is -2.18. The molecule has 0 radical (unpaired) electrons. The van der Waals surface area contributed by atoms with E-state index in [0.717, 1.165) is 30.8 Å². The third kappa shape index (κ3) is 7.51. The van der Waals surface area contributed by atoms with E-state index in [1.165, 1.54) is 19.3 Å². The standard InChI is InChI=1S/C20H34N4O2S.HI/c1-4-5-6-9-17(2)23-20(21-3)22-16-18-10-12-19(13-11-18)27(25,26)24-14-7-8-15-24;/h10-13,17H,4-9,14-16H2,1-3H3,(H2,21,22,23);1H. The minimum absolute atomic E-state index is 0. The summed E-state index contributed by atoms with van der Waals surface area (Å²) in [5.41, 5.74) is 1.02. The predicted molar refractivity (Wildman–Crippen MR) is 127 cm³/mol. The van der Waals surface area contributed by atoms with Crippen molar-refractivity contribution < 1.29 is 8.42 Å². The van der Waals surface area contributed by atoms with Crippen molar-refractivity contribution >= 4 is 40.0 Å². The average molecular weight is 522 g/mol. The van der Waals surface area contributed by atoms with Crippen LogP contribution in [0.25, 0.3) is 0 Å². The lowest BCUT2D eigenvalue weighted by Crippen LogP contribution is -2.41. The molecule has 1 fully saturated rings. The zero-order valence-corrected chi connectivity index (χ0v) is 20.4.